The van der Waals surface area contributed by atoms with Gasteiger partial charge in [0.2, 0.25) is 0 Å². The van der Waals surface area contributed by atoms with Gasteiger partial charge < -0.3 is 14.7 Å². The van der Waals surface area contributed by atoms with Gasteiger partial charge in [-0.2, -0.15) is 0 Å². The molecule has 0 radical (unpaired) electrons. The highest BCUT2D eigenvalue weighted by atomic mass is 19.1. The number of hydrogen-bond donors (Lipinski definition) is 1. The highest BCUT2D eigenvalue weighted by Gasteiger charge is 2.19. The molecule has 1 heterocycles. The van der Waals surface area contributed by atoms with Crippen LogP contribution in [0.1, 0.15) is 46.1 Å². The topological polar surface area (TPSA) is 58.4 Å². The largest absolute Gasteiger partial charge is 0.355 e. The van der Waals surface area contributed by atoms with E-state index in [-0.39, 0.29) is 23.5 Å². The summed E-state index contributed by atoms with van der Waals surface area (Å²) in [5, 5.41) is 6.87. The maximum atomic E-state index is 13.2. The smallest absolute Gasteiger partial charge is 0.273 e. The molecular weight excluding hydrogens is 381 g/mol. The Kier molecular flexibility index (Phi) is 5.95. The first kappa shape index (κ1) is 20.3. The second-order valence-electron chi connectivity index (χ2n) is 8.01. The molecule has 5 nitrogen and oxygen atoms in total. The zero-order valence-corrected chi connectivity index (χ0v) is 17.3. The number of carbonyl (C=O) groups excluding carboxylic acids is 1. The molecule has 1 aliphatic rings. The molecule has 1 aliphatic carbocycles. The molecule has 1 atom stereocenters. The number of nitrogens with one attached hydrogen (secondary N) is 1. The second kappa shape index (κ2) is 8.79. The molecule has 4 rings (SSSR count). The number of halogens is 1. The van der Waals surface area contributed by atoms with Crippen molar-refractivity contribution in [3.63, 3.8) is 0 Å². The van der Waals surface area contributed by atoms with Crippen LogP contribution in [-0.2, 0) is 12.8 Å². The van der Waals surface area contributed by atoms with Gasteiger partial charge in [0.15, 0.2) is 11.5 Å². The molecule has 1 N–H and O–H groups in total. The third-order valence-corrected chi connectivity index (χ3v) is 5.71. The molecule has 6 heteroatoms. The average molecular weight is 407 g/mol. The zero-order chi connectivity index (χ0) is 21.1. The van der Waals surface area contributed by atoms with Gasteiger partial charge in [0.25, 0.3) is 5.91 Å². The lowest BCUT2D eigenvalue weighted by molar-refractivity contribution is 0.0933. The van der Waals surface area contributed by atoms with Gasteiger partial charge in [-0.3, -0.25) is 4.79 Å². The number of amides is 1. The molecule has 0 aliphatic heterocycles. The fourth-order valence-electron chi connectivity index (χ4n) is 3.97. The van der Waals surface area contributed by atoms with Crippen LogP contribution in [0.2, 0.25) is 0 Å². The van der Waals surface area contributed by atoms with E-state index in [9.17, 15) is 9.18 Å². The van der Waals surface area contributed by atoms with E-state index >= 15 is 0 Å². The minimum Gasteiger partial charge on any atom is -0.355 e. The van der Waals surface area contributed by atoms with Crippen molar-refractivity contribution in [2.45, 2.75) is 31.7 Å². The van der Waals surface area contributed by atoms with E-state index in [0.29, 0.717) is 12.3 Å². The van der Waals surface area contributed by atoms with Crippen LogP contribution in [0.4, 0.5) is 4.39 Å². The van der Waals surface area contributed by atoms with Crippen LogP contribution in [0, 0.1) is 5.82 Å². The molecule has 0 fully saturated rings. The van der Waals surface area contributed by atoms with Gasteiger partial charge in [-0.1, -0.05) is 29.4 Å². The summed E-state index contributed by atoms with van der Waals surface area (Å²) in [4.78, 5) is 14.6. The average Bonchev–Trinajstić information content (AvgIpc) is 3.25. The summed E-state index contributed by atoms with van der Waals surface area (Å²) in [5.74, 6) is 0.0192. The molecule has 1 aromatic heterocycles. The maximum Gasteiger partial charge on any atom is 0.273 e. The highest BCUT2D eigenvalue weighted by Crippen LogP contribution is 2.28. The number of aromatic nitrogens is 1. The first-order valence-corrected chi connectivity index (χ1v) is 10.3. The van der Waals surface area contributed by atoms with Crippen molar-refractivity contribution in [3.05, 3.63) is 76.7 Å². The monoisotopic (exact) mass is 407 g/mol. The Morgan fingerprint density at radius 2 is 1.83 bits per heavy atom. The van der Waals surface area contributed by atoms with Gasteiger partial charge >= 0.3 is 0 Å². The predicted molar refractivity (Wildman–Crippen MR) is 114 cm³/mol. The Bertz CT molecular complexity index is 1030. The fraction of sp³-hybridized carbons (Fsp3) is 0.333. The predicted octanol–water partition coefficient (Wildman–Crippen LogP) is 4.39. The van der Waals surface area contributed by atoms with Crippen molar-refractivity contribution in [3.8, 4) is 11.3 Å². The van der Waals surface area contributed by atoms with Gasteiger partial charge in [-0.25, -0.2) is 4.39 Å². The number of likely N-dealkylation sites (N-methyl/N-ethyl adjacent to an activating group) is 1. The SMILES string of the molecule is CN(C)[C@H](CNC(=O)c1cc(-c2ccc3c(c2)CCCC3)on1)c1ccc(F)cc1. The standard InChI is InChI=1S/C24H26FN3O2/c1-28(2)22(17-9-11-20(25)12-10-17)15-26-24(29)21-14-23(30-27-21)19-8-7-16-5-3-4-6-18(16)13-19/h7-14,22H,3-6,15H2,1-2H3,(H,26,29)/t22-/m1/s1. The molecule has 0 unspecified atom stereocenters. The number of nitrogens with zero attached hydrogens (tertiary/aromatic N) is 2. The lowest BCUT2D eigenvalue weighted by Gasteiger charge is -2.25. The van der Waals surface area contributed by atoms with Crippen molar-refractivity contribution in [1.82, 2.24) is 15.4 Å². The van der Waals surface area contributed by atoms with Crippen LogP contribution < -0.4 is 5.32 Å². The summed E-state index contributed by atoms with van der Waals surface area (Å²) in [6.07, 6.45) is 4.66. The van der Waals surface area contributed by atoms with Crippen LogP contribution in [0.5, 0.6) is 0 Å². The van der Waals surface area contributed by atoms with Crippen molar-refractivity contribution in [2.75, 3.05) is 20.6 Å². The van der Waals surface area contributed by atoms with Crippen LogP contribution in [0.25, 0.3) is 11.3 Å². The van der Waals surface area contributed by atoms with Crippen molar-refractivity contribution < 1.29 is 13.7 Å². The van der Waals surface area contributed by atoms with Crippen LogP contribution in [0.15, 0.2) is 53.1 Å². The van der Waals surface area contributed by atoms with Gasteiger partial charge in [-0.15, -0.1) is 0 Å². The molecule has 0 saturated heterocycles. The quantitative estimate of drug-likeness (QED) is 0.658. The Hall–Kier alpha value is -2.99. The number of fused-ring (bicyclic) bond motifs is 1. The van der Waals surface area contributed by atoms with E-state index in [0.717, 1.165) is 24.0 Å². The second-order valence-corrected chi connectivity index (χ2v) is 8.01. The summed E-state index contributed by atoms with van der Waals surface area (Å²) < 4.78 is 18.7. The fourth-order valence-corrected chi connectivity index (χ4v) is 3.97. The first-order valence-electron chi connectivity index (χ1n) is 10.3. The maximum absolute atomic E-state index is 13.2. The Balaban J connectivity index is 1.44. The number of rotatable bonds is 6. The minimum absolute atomic E-state index is 0.0819. The van der Waals surface area contributed by atoms with E-state index in [1.54, 1.807) is 18.2 Å². The van der Waals surface area contributed by atoms with E-state index in [2.05, 4.69) is 22.6 Å². The first-order chi connectivity index (χ1) is 14.5. The van der Waals surface area contributed by atoms with Crippen LogP contribution in [-0.4, -0.2) is 36.6 Å². The lowest BCUT2D eigenvalue weighted by atomic mass is 9.90. The van der Waals surface area contributed by atoms with Crippen molar-refractivity contribution in [1.29, 1.82) is 0 Å². The molecule has 30 heavy (non-hydrogen) atoms. The molecule has 0 spiro atoms. The van der Waals surface area contributed by atoms with Crippen LogP contribution in [0.3, 0.4) is 0 Å². The Morgan fingerprint density at radius 1 is 1.10 bits per heavy atom. The van der Waals surface area contributed by atoms with Crippen molar-refractivity contribution in [2.24, 2.45) is 0 Å². The van der Waals surface area contributed by atoms with Gasteiger partial charge in [0, 0.05) is 18.2 Å². The van der Waals surface area contributed by atoms with Crippen LogP contribution >= 0.6 is 0 Å². The lowest BCUT2D eigenvalue weighted by Crippen LogP contribution is -2.34. The normalized spacial score (nSPS) is 14.4. The molecule has 0 saturated carbocycles. The number of carbonyl (C=O) groups is 1. The molecule has 3 aromatic rings. The van der Waals surface area contributed by atoms with Gasteiger partial charge in [0.05, 0.1) is 6.04 Å². The number of aryl methyl sites for hydroxylation is 2. The summed E-state index contributed by atoms with van der Waals surface area (Å²) in [6, 6.07) is 14.2. The minimum atomic E-state index is -0.295. The number of hydrogen-bond acceptors (Lipinski definition) is 4. The number of benzene rings is 2. The Labute approximate surface area is 175 Å². The molecule has 1 amide bonds. The summed E-state index contributed by atoms with van der Waals surface area (Å²) in [7, 11) is 3.84. The summed E-state index contributed by atoms with van der Waals surface area (Å²) in [5.41, 5.74) is 4.88. The highest BCUT2D eigenvalue weighted by molar-refractivity contribution is 5.93. The summed E-state index contributed by atoms with van der Waals surface area (Å²) in [6.45, 7) is 0.374. The molecular formula is C24H26FN3O2. The van der Waals surface area contributed by atoms with Crippen molar-refractivity contribution >= 4 is 5.91 Å². The van der Waals surface area contributed by atoms with E-state index in [1.165, 1.54) is 36.1 Å². The summed E-state index contributed by atoms with van der Waals surface area (Å²) >= 11 is 0. The van der Waals surface area contributed by atoms with Gasteiger partial charge in [0.1, 0.15) is 5.82 Å². The molecule has 0 bridgehead atoms. The van der Waals surface area contributed by atoms with E-state index in [1.807, 2.05) is 25.1 Å². The van der Waals surface area contributed by atoms with E-state index in [4.69, 9.17) is 4.52 Å². The van der Waals surface area contributed by atoms with E-state index < -0.39 is 0 Å². The molecule has 156 valence electrons. The third-order valence-electron chi connectivity index (χ3n) is 5.71. The zero-order valence-electron chi connectivity index (χ0n) is 17.3. The molecule has 2 aromatic carbocycles. The Morgan fingerprint density at radius 3 is 2.57 bits per heavy atom. The third kappa shape index (κ3) is 4.44. The van der Waals surface area contributed by atoms with Gasteiger partial charge in [-0.05, 0) is 74.7 Å².